The first-order chi connectivity index (χ1) is 5.14. The monoisotopic (exact) mass is 410 g/mol. The minimum atomic E-state index is -4.92. The van der Waals surface area contributed by atoms with E-state index >= 15 is 0 Å². The van der Waals surface area contributed by atoms with Crippen LogP contribution in [0.2, 0.25) is 0 Å². The van der Waals surface area contributed by atoms with E-state index in [0.717, 1.165) is 0 Å². The van der Waals surface area contributed by atoms with Gasteiger partial charge in [0, 0.05) is 45.2 Å². The summed E-state index contributed by atoms with van der Waals surface area (Å²) in [6.07, 6.45) is 0. The van der Waals surface area contributed by atoms with Crippen molar-refractivity contribution in [2.75, 3.05) is 0 Å². The van der Waals surface area contributed by atoms with E-state index in [2.05, 4.69) is 0 Å². The van der Waals surface area contributed by atoms with Crippen LogP contribution < -0.4 is 0 Å². The molecule has 0 aromatic heterocycles. The van der Waals surface area contributed by atoms with Crippen LogP contribution in [-0.4, -0.2) is 19.4 Å². The Morgan fingerprint density at radius 2 is 1.00 bits per heavy atom. The molecular formula is C4F4I2O2. The van der Waals surface area contributed by atoms with Crippen LogP contribution in [0.15, 0.2) is 0 Å². The van der Waals surface area contributed by atoms with Gasteiger partial charge in [0.15, 0.2) is 0 Å². The van der Waals surface area contributed by atoms with Gasteiger partial charge in [-0.25, -0.2) is 0 Å². The Bertz CT molecular complexity index is 203. The molecule has 0 aliphatic rings. The molecule has 0 aromatic carbocycles. The fourth-order valence-electron chi connectivity index (χ4n) is 0.247. The summed E-state index contributed by atoms with van der Waals surface area (Å²) in [5.41, 5.74) is 0. The molecule has 0 saturated carbocycles. The summed E-state index contributed by atoms with van der Waals surface area (Å²) in [5, 5.41) is 0. The highest BCUT2D eigenvalue weighted by Crippen LogP contribution is 2.38. The molecule has 0 amide bonds. The maximum Gasteiger partial charge on any atom is 0.384 e. The van der Waals surface area contributed by atoms with Crippen LogP contribution in [-0.2, 0) is 9.59 Å². The van der Waals surface area contributed by atoms with Gasteiger partial charge in [-0.05, 0) is 0 Å². The number of hydrogen-bond acceptors (Lipinski definition) is 2. The molecule has 0 radical (unpaired) electrons. The zero-order valence-corrected chi connectivity index (χ0v) is 9.40. The summed E-state index contributed by atoms with van der Waals surface area (Å²) >= 11 is 1.04. The molecule has 0 unspecified atom stereocenters. The van der Waals surface area contributed by atoms with E-state index < -0.39 is 19.4 Å². The maximum atomic E-state index is 12.2. The van der Waals surface area contributed by atoms with Crippen molar-refractivity contribution in [1.82, 2.24) is 0 Å². The first kappa shape index (κ1) is 12.5. The van der Waals surface area contributed by atoms with Gasteiger partial charge in [-0.3, -0.25) is 9.59 Å². The smallest absolute Gasteiger partial charge is 0.281 e. The molecule has 0 N–H and O–H groups in total. The van der Waals surface area contributed by atoms with Crippen molar-refractivity contribution < 1.29 is 27.2 Å². The molecule has 8 heteroatoms. The topological polar surface area (TPSA) is 34.1 Å². The van der Waals surface area contributed by atoms with E-state index in [0.29, 0.717) is 45.2 Å². The van der Waals surface area contributed by atoms with Crippen molar-refractivity contribution >= 4 is 52.8 Å². The summed E-state index contributed by atoms with van der Waals surface area (Å²) in [4.78, 5) is 20.0. The van der Waals surface area contributed by atoms with Crippen LogP contribution in [0.1, 0.15) is 0 Å². The lowest BCUT2D eigenvalue weighted by Crippen LogP contribution is -2.48. The van der Waals surface area contributed by atoms with Gasteiger partial charge in [0.25, 0.3) is 7.58 Å². The molecule has 2 nitrogen and oxygen atoms in total. The zero-order valence-electron chi connectivity index (χ0n) is 5.08. The Hall–Kier alpha value is 0.520. The van der Waals surface area contributed by atoms with Crippen LogP contribution in [0.25, 0.3) is 0 Å². The van der Waals surface area contributed by atoms with Crippen molar-refractivity contribution in [3.8, 4) is 0 Å². The van der Waals surface area contributed by atoms with Crippen molar-refractivity contribution in [3.05, 3.63) is 0 Å². The van der Waals surface area contributed by atoms with Crippen LogP contribution in [0.4, 0.5) is 17.6 Å². The molecule has 0 aliphatic carbocycles. The molecule has 70 valence electrons. The van der Waals surface area contributed by atoms with Gasteiger partial charge in [0.1, 0.15) is 0 Å². The van der Waals surface area contributed by atoms with E-state index in [-0.39, 0.29) is 0 Å². The van der Waals surface area contributed by atoms with Crippen LogP contribution in [0.3, 0.4) is 0 Å². The first-order valence-electron chi connectivity index (χ1n) is 2.29. The van der Waals surface area contributed by atoms with E-state index in [1.165, 1.54) is 0 Å². The average molecular weight is 410 g/mol. The van der Waals surface area contributed by atoms with E-state index in [9.17, 15) is 27.2 Å². The van der Waals surface area contributed by atoms with Crippen LogP contribution in [0, 0.1) is 0 Å². The molecule has 0 aliphatic heterocycles. The van der Waals surface area contributed by atoms with E-state index in [1.807, 2.05) is 0 Å². The van der Waals surface area contributed by atoms with Gasteiger partial charge >= 0.3 is 11.8 Å². The largest absolute Gasteiger partial charge is 0.384 e. The summed E-state index contributed by atoms with van der Waals surface area (Å²) in [6, 6.07) is 0. The second-order valence-corrected chi connectivity index (χ2v) is 3.66. The zero-order chi connectivity index (χ0) is 10.2. The van der Waals surface area contributed by atoms with Crippen LogP contribution in [0.5, 0.6) is 0 Å². The lowest BCUT2D eigenvalue weighted by Gasteiger charge is -2.19. The summed E-state index contributed by atoms with van der Waals surface area (Å²) in [5.74, 6) is -9.85. The molecule has 0 bridgehead atoms. The SMILES string of the molecule is O=C(I)C(F)(F)C(F)(F)C(=O)I. The molecule has 0 spiro atoms. The third-order valence-electron chi connectivity index (χ3n) is 0.888. The second kappa shape index (κ2) is 3.72. The van der Waals surface area contributed by atoms with Crippen molar-refractivity contribution in [3.63, 3.8) is 0 Å². The summed E-state index contributed by atoms with van der Waals surface area (Å²) < 4.78 is 44.8. The minimum Gasteiger partial charge on any atom is -0.281 e. The average Bonchev–Trinajstić information content (AvgIpc) is 1.86. The van der Waals surface area contributed by atoms with Crippen molar-refractivity contribution in [1.29, 1.82) is 0 Å². The number of alkyl halides is 4. The van der Waals surface area contributed by atoms with E-state index in [1.54, 1.807) is 0 Å². The third-order valence-corrected chi connectivity index (χ3v) is 2.24. The normalized spacial score (nSPS) is 12.8. The molecule has 0 fully saturated rings. The fraction of sp³-hybridized carbons (Fsp3) is 0.500. The maximum absolute atomic E-state index is 12.2. The standard InChI is InChI=1S/C4F4I2O2/c5-3(6,1(9)11)4(7,8)2(10)12. The Labute approximate surface area is 91.3 Å². The predicted molar refractivity (Wildman–Crippen MR) is 47.9 cm³/mol. The van der Waals surface area contributed by atoms with E-state index in [4.69, 9.17) is 0 Å². The second-order valence-electron chi connectivity index (χ2n) is 1.70. The Balaban J connectivity index is 5.01. The first-order valence-corrected chi connectivity index (χ1v) is 4.45. The molecule has 0 rings (SSSR count). The van der Waals surface area contributed by atoms with Gasteiger partial charge < -0.3 is 0 Å². The number of hydrogen-bond donors (Lipinski definition) is 0. The highest BCUT2D eigenvalue weighted by molar-refractivity contribution is 14.1. The Morgan fingerprint density at radius 3 is 1.08 bits per heavy atom. The number of carbonyl (C=O) groups is 2. The van der Waals surface area contributed by atoms with Gasteiger partial charge in [-0.1, -0.05) is 0 Å². The predicted octanol–water partition coefficient (Wildman–Crippen LogP) is 2.18. The quantitative estimate of drug-likeness (QED) is 0.407. The molecular weight excluding hydrogens is 410 g/mol. The highest BCUT2D eigenvalue weighted by Gasteiger charge is 2.65. The lowest BCUT2D eigenvalue weighted by molar-refractivity contribution is -0.194. The molecule has 0 atom stereocenters. The molecule has 0 saturated heterocycles. The van der Waals surface area contributed by atoms with Gasteiger partial charge in [0.2, 0.25) is 0 Å². The Kier molecular flexibility index (Phi) is 3.88. The van der Waals surface area contributed by atoms with Gasteiger partial charge in [-0.15, -0.1) is 0 Å². The number of rotatable bonds is 3. The van der Waals surface area contributed by atoms with Gasteiger partial charge in [0.05, 0.1) is 0 Å². The fourth-order valence-corrected chi connectivity index (χ4v) is 0.924. The van der Waals surface area contributed by atoms with Gasteiger partial charge in [-0.2, -0.15) is 17.6 Å². The number of carbonyl (C=O) groups excluding carboxylic acids is 2. The Morgan fingerprint density at radius 1 is 0.833 bits per heavy atom. The third kappa shape index (κ3) is 2.06. The summed E-state index contributed by atoms with van der Waals surface area (Å²) in [7, 11) is 0. The van der Waals surface area contributed by atoms with Crippen molar-refractivity contribution in [2.24, 2.45) is 0 Å². The highest BCUT2D eigenvalue weighted by atomic mass is 127. The molecule has 12 heavy (non-hydrogen) atoms. The van der Waals surface area contributed by atoms with Crippen molar-refractivity contribution in [2.45, 2.75) is 11.8 Å². The number of halogens is 6. The van der Waals surface area contributed by atoms with Crippen LogP contribution >= 0.6 is 45.2 Å². The molecule has 0 heterocycles. The lowest BCUT2D eigenvalue weighted by atomic mass is 10.2. The summed E-state index contributed by atoms with van der Waals surface area (Å²) in [6.45, 7) is 0. The molecule has 0 aromatic rings. The minimum absolute atomic E-state index is 0.519.